The van der Waals surface area contributed by atoms with Crippen LogP contribution in [0.5, 0.6) is 0 Å². The molecule has 0 N–H and O–H groups in total. The van der Waals surface area contributed by atoms with Crippen LogP contribution in [0.25, 0.3) is 5.69 Å². The maximum Gasteiger partial charge on any atom is 0.435 e. The summed E-state index contributed by atoms with van der Waals surface area (Å²) in [4.78, 5) is 43.3. The molecular formula is C18H17F3N4O4S. The minimum Gasteiger partial charge on any atom is -0.312 e. The van der Waals surface area contributed by atoms with Crippen molar-refractivity contribution in [2.45, 2.75) is 17.5 Å². The largest absolute Gasteiger partial charge is 0.435 e. The molecule has 0 aliphatic carbocycles. The minimum atomic E-state index is -4.84. The van der Waals surface area contributed by atoms with E-state index in [1.54, 1.807) is 6.07 Å². The van der Waals surface area contributed by atoms with Crippen molar-refractivity contribution in [2.75, 3.05) is 19.8 Å². The molecule has 1 aliphatic heterocycles. The summed E-state index contributed by atoms with van der Waals surface area (Å²) in [5.74, 6) is 0.673. The zero-order valence-corrected chi connectivity index (χ0v) is 17.0. The monoisotopic (exact) mass is 442 g/mol. The number of halogens is 3. The number of benzene rings is 1. The molecule has 0 fully saturated rings. The average Bonchev–Trinajstić information content (AvgIpc) is 2.67. The van der Waals surface area contributed by atoms with Crippen molar-refractivity contribution in [2.24, 2.45) is 12.2 Å². The van der Waals surface area contributed by atoms with Gasteiger partial charge in [-0.1, -0.05) is 5.16 Å². The second-order valence-electron chi connectivity index (χ2n) is 6.61. The molecule has 30 heavy (non-hydrogen) atoms. The van der Waals surface area contributed by atoms with Gasteiger partial charge in [-0.05, 0) is 18.2 Å². The highest BCUT2D eigenvalue weighted by molar-refractivity contribution is 7.99. The molecule has 1 amide bonds. The van der Waals surface area contributed by atoms with E-state index < -0.39 is 29.2 Å². The van der Waals surface area contributed by atoms with Crippen LogP contribution < -0.4 is 11.2 Å². The minimum absolute atomic E-state index is 0.0854. The first-order chi connectivity index (χ1) is 14.0. The Labute approximate surface area is 172 Å². The molecule has 1 aliphatic rings. The standard InChI is InChI=1S/C18H17F3N4O4S/c1-23(2)17(28)29-22-12-6-7-30-13-5-4-10(8-11(12)13)25-15(26)9-14(18(19,20)21)24(3)16(25)27/h4-5,8-9H,6-7H2,1-3H3/b22-12+. The van der Waals surface area contributed by atoms with Crippen molar-refractivity contribution in [1.82, 2.24) is 14.0 Å². The van der Waals surface area contributed by atoms with Gasteiger partial charge < -0.3 is 4.90 Å². The van der Waals surface area contributed by atoms with Crippen molar-refractivity contribution in [3.63, 3.8) is 0 Å². The number of aromatic nitrogens is 2. The van der Waals surface area contributed by atoms with Crippen LogP contribution in [0.3, 0.4) is 0 Å². The number of nitrogens with zero attached hydrogens (tertiary/aromatic N) is 4. The van der Waals surface area contributed by atoms with Gasteiger partial charge in [0.1, 0.15) is 5.69 Å². The third kappa shape index (κ3) is 4.13. The van der Waals surface area contributed by atoms with Crippen LogP contribution in [-0.2, 0) is 18.1 Å². The van der Waals surface area contributed by atoms with E-state index in [1.165, 1.54) is 42.9 Å². The number of carbonyl (C=O) groups is 1. The van der Waals surface area contributed by atoms with Crippen LogP contribution in [0.1, 0.15) is 17.7 Å². The summed E-state index contributed by atoms with van der Waals surface area (Å²) >= 11 is 1.50. The van der Waals surface area contributed by atoms with E-state index in [9.17, 15) is 27.6 Å². The second-order valence-corrected chi connectivity index (χ2v) is 7.75. The van der Waals surface area contributed by atoms with E-state index in [1.807, 2.05) is 0 Å². The lowest BCUT2D eigenvalue weighted by atomic mass is 10.1. The molecule has 2 heterocycles. The van der Waals surface area contributed by atoms with Crippen molar-refractivity contribution >= 4 is 23.6 Å². The summed E-state index contributed by atoms with van der Waals surface area (Å²) in [5.41, 5.74) is -2.52. The molecule has 160 valence electrons. The fourth-order valence-electron chi connectivity index (χ4n) is 2.81. The van der Waals surface area contributed by atoms with E-state index in [2.05, 4.69) is 5.16 Å². The molecule has 0 radical (unpaired) electrons. The summed E-state index contributed by atoms with van der Waals surface area (Å²) in [6, 6.07) is 4.96. The number of hydrogen-bond acceptors (Lipinski definition) is 6. The Bertz CT molecular complexity index is 1150. The molecule has 3 rings (SSSR count). The fourth-order valence-corrected chi connectivity index (χ4v) is 3.82. The van der Waals surface area contributed by atoms with E-state index in [4.69, 9.17) is 4.84 Å². The third-order valence-corrected chi connectivity index (χ3v) is 5.41. The van der Waals surface area contributed by atoms with Crippen molar-refractivity contribution in [3.05, 3.63) is 56.4 Å². The van der Waals surface area contributed by atoms with Gasteiger partial charge in [-0.2, -0.15) is 13.2 Å². The van der Waals surface area contributed by atoms with Crippen molar-refractivity contribution < 1.29 is 22.8 Å². The summed E-state index contributed by atoms with van der Waals surface area (Å²) < 4.78 is 40.2. The first-order valence-corrected chi connectivity index (χ1v) is 9.62. The molecule has 8 nitrogen and oxygen atoms in total. The van der Waals surface area contributed by atoms with Gasteiger partial charge in [-0.25, -0.2) is 14.2 Å². The third-order valence-electron chi connectivity index (χ3n) is 4.34. The van der Waals surface area contributed by atoms with Crippen LogP contribution in [0.15, 0.2) is 43.9 Å². The number of hydrogen-bond donors (Lipinski definition) is 0. The summed E-state index contributed by atoms with van der Waals surface area (Å²) in [6.45, 7) is 0. The average molecular weight is 442 g/mol. The lowest BCUT2D eigenvalue weighted by Crippen LogP contribution is -2.40. The predicted molar refractivity (Wildman–Crippen MR) is 104 cm³/mol. The van der Waals surface area contributed by atoms with Crippen LogP contribution in [0.2, 0.25) is 0 Å². The smallest absolute Gasteiger partial charge is 0.312 e. The molecular weight excluding hydrogens is 425 g/mol. The Morgan fingerprint density at radius 3 is 2.57 bits per heavy atom. The lowest BCUT2D eigenvalue weighted by Gasteiger charge is -2.19. The van der Waals surface area contributed by atoms with E-state index in [0.717, 1.165) is 11.9 Å². The van der Waals surface area contributed by atoms with Gasteiger partial charge in [0.05, 0.1) is 11.4 Å². The highest BCUT2D eigenvalue weighted by Crippen LogP contribution is 2.32. The number of fused-ring (bicyclic) bond motifs is 1. The van der Waals surface area contributed by atoms with Crippen LogP contribution in [0, 0.1) is 0 Å². The molecule has 12 heteroatoms. The number of amides is 1. The zero-order valence-electron chi connectivity index (χ0n) is 16.2. The second kappa shape index (κ2) is 8.01. The van der Waals surface area contributed by atoms with Gasteiger partial charge >= 0.3 is 18.0 Å². The molecule has 0 saturated heterocycles. The number of carbonyl (C=O) groups excluding carboxylic acids is 1. The Kier molecular flexibility index (Phi) is 5.79. The summed E-state index contributed by atoms with van der Waals surface area (Å²) in [7, 11) is 3.94. The molecule has 2 aromatic rings. The summed E-state index contributed by atoms with van der Waals surface area (Å²) in [5, 5.41) is 3.88. The first kappa shape index (κ1) is 21.7. The number of rotatable bonds is 2. The molecule has 0 bridgehead atoms. The Balaban J connectivity index is 2.11. The van der Waals surface area contributed by atoms with Gasteiger partial charge in [0, 0.05) is 49.8 Å². The molecule has 0 atom stereocenters. The maximum absolute atomic E-state index is 13.1. The van der Waals surface area contributed by atoms with Crippen molar-refractivity contribution in [3.8, 4) is 5.69 Å². The Morgan fingerprint density at radius 2 is 1.93 bits per heavy atom. The maximum atomic E-state index is 13.1. The molecule has 0 spiro atoms. The van der Waals surface area contributed by atoms with Gasteiger partial charge in [-0.3, -0.25) is 14.2 Å². The number of alkyl halides is 3. The SMILES string of the molecule is CN(C)C(=O)O/N=C1\CCSc2ccc(-n3c(=O)cc(C(F)(F)F)n(C)c3=O)cc21. The zero-order chi connectivity index (χ0) is 22.2. The Hall–Kier alpha value is -3.02. The fraction of sp³-hybridized carbons (Fsp3) is 0.333. The topological polar surface area (TPSA) is 85.9 Å². The predicted octanol–water partition coefficient (Wildman–Crippen LogP) is 2.45. The summed E-state index contributed by atoms with van der Waals surface area (Å²) in [6.07, 6.45) is -5.05. The molecule has 0 unspecified atom stereocenters. The number of oxime groups is 1. The number of thioether (sulfide) groups is 1. The quantitative estimate of drug-likeness (QED) is 0.527. The van der Waals surface area contributed by atoms with Gasteiger partial charge in [0.15, 0.2) is 0 Å². The molecule has 1 aromatic carbocycles. The van der Waals surface area contributed by atoms with E-state index >= 15 is 0 Å². The lowest BCUT2D eigenvalue weighted by molar-refractivity contribution is -0.144. The van der Waals surface area contributed by atoms with Gasteiger partial charge in [-0.15, -0.1) is 11.8 Å². The van der Waals surface area contributed by atoms with E-state index in [-0.39, 0.29) is 5.69 Å². The highest BCUT2D eigenvalue weighted by Gasteiger charge is 2.35. The van der Waals surface area contributed by atoms with Crippen LogP contribution >= 0.6 is 11.8 Å². The van der Waals surface area contributed by atoms with E-state index in [0.29, 0.717) is 38.6 Å². The highest BCUT2D eigenvalue weighted by atomic mass is 32.2. The molecule has 1 aromatic heterocycles. The normalized spacial score (nSPS) is 15.1. The first-order valence-electron chi connectivity index (χ1n) is 8.63. The van der Waals surface area contributed by atoms with Gasteiger partial charge in [0.2, 0.25) is 0 Å². The molecule has 0 saturated carbocycles. The Morgan fingerprint density at radius 1 is 1.23 bits per heavy atom. The van der Waals surface area contributed by atoms with Crippen LogP contribution in [-0.4, -0.2) is 45.7 Å². The van der Waals surface area contributed by atoms with Crippen molar-refractivity contribution in [1.29, 1.82) is 0 Å². The van der Waals surface area contributed by atoms with Gasteiger partial charge in [0.25, 0.3) is 5.56 Å². The van der Waals surface area contributed by atoms with Crippen LogP contribution in [0.4, 0.5) is 18.0 Å².